The number of hydrogen-bond donors (Lipinski definition) is 0. The van der Waals surface area contributed by atoms with E-state index in [1.54, 1.807) is 5.57 Å². The molecule has 4 aliphatic rings. The number of allylic oxidation sites excluding steroid dienone is 3. The Balaban J connectivity index is 1.56. The van der Waals surface area contributed by atoms with Crippen molar-refractivity contribution in [1.29, 1.82) is 0 Å². The fourth-order valence-electron chi connectivity index (χ4n) is 7.76. The van der Waals surface area contributed by atoms with E-state index in [4.69, 9.17) is 4.99 Å². The molecule has 0 heterocycles. The second-order valence-electron chi connectivity index (χ2n) is 10.4. The first-order valence-corrected chi connectivity index (χ1v) is 12.7. The molecule has 0 aromatic rings. The summed E-state index contributed by atoms with van der Waals surface area (Å²) >= 11 is 1.91. The van der Waals surface area contributed by atoms with Crippen molar-refractivity contribution in [3.8, 4) is 0 Å². The van der Waals surface area contributed by atoms with Crippen molar-refractivity contribution in [3.63, 3.8) is 0 Å². The van der Waals surface area contributed by atoms with Crippen LogP contribution in [0.1, 0.15) is 72.1 Å². The number of aliphatic imine (C=N–C) groups is 1. The second-order valence-corrected chi connectivity index (χ2v) is 11.3. The lowest BCUT2D eigenvalue weighted by molar-refractivity contribution is -0.0417. The molecule has 4 rings (SSSR count). The van der Waals surface area contributed by atoms with Crippen molar-refractivity contribution in [1.82, 2.24) is 0 Å². The average molecular weight is 386 g/mol. The Bertz CT molecular complexity index is 661. The molecule has 0 amide bonds. The Kier molecular flexibility index (Phi) is 5.42. The minimum absolute atomic E-state index is 0.463. The number of fused-ring (bicyclic) bond motifs is 5. The molecule has 3 fully saturated rings. The van der Waals surface area contributed by atoms with Gasteiger partial charge in [0.1, 0.15) is 0 Å². The number of thioether (sulfide) groups is 1. The number of hydrogen-bond acceptors (Lipinski definition) is 2. The van der Waals surface area contributed by atoms with E-state index in [9.17, 15) is 0 Å². The fraction of sp³-hybridized carbons (Fsp3) is 0.800. The van der Waals surface area contributed by atoms with Crippen molar-refractivity contribution in [2.24, 2.45) is 39.5 Å². The maximum Gasteiger partial charge on any atom is 0.0479 e. The van der Waals surface area contributed by atoms with Gasteiger partial charge in [0.15, 0.2) is 0 Å². The molecule has 0 spiro atoms. The van der Waals surface area contributed by atoms with Crippen LogP contribution >= 0.6 is 11.8 Å². The van der Waals surface area contributed by atoms with Gasteiger partial charge in [-0.2, -0.15) is 11.8 Å². The highest BCUT2D eigenvalue weighted by Crippen LogP contribution is 2.67. The molecule has 150 valence electrons. The molecule has 4 aliphatic carbocycles. The van der Waals surface area contributed by atoms with Crippen LogP contribution in [0.15, 0.2) is 28.8 Å². The third-order valence-corrected chi connectivity index (χ3v) is 9.83. The topological polar surface area (TPSA) is 12.4 Å². The van der Waals surface area contributed by atoms with Crippen LogP contribution in [-0.4, -0.2) is 24.3 Å². The van der Waals surface area contributed by atoms with Crippen molar-refractivity contribution in [2.75, 3.05) is 18.6 Å². The summed E-state index contributed by atoms with van der Waals surface area (Å²) in [7, 11) is 0. The first-order valence-electron chi connectivity index (χ1n) is 11.3. The molecule has 1 nitrogen and oxygen atoms in total. The fourth-order valence-corrected chi connectivity index (χ4v) is 8.03. The SMILES string of the molecule is C=C1C=C2CC[C@@H]3C(CC[C@@]4(C)C3CC[C@@H]4/C(C)=N/CCSC)[C@@]2(C)CC1. The van der Waals surface area contributed by atoms with Crippen LogP contribution in [0.4, 0.5) is 0 Å². The van der Waals surface area contributed by atoms with Gasteiger partial charge in [0.25, 0.3) is 0 Å². The van der Waals surface area contributed by atoms with Crippen molar-refractivity contribution >= 4 is 17.5 Å². The molecule has 0 aromatic carbocycles. The monoisotopic (exact) mass is 385 g/mol. The highest BCUT2D eigenvalue weighted by Gasteiger charge is 2.59. The number of nitrogens with zero attached hydrogens (tertiary/aromatic N) is 1. The zero-order valence-corrected chi connectivity index (χ0v) is 18.8. The van der Waals surface area contributed by atoms with Crippen molar-refractivity contribution in [3.05, 3.63) is 23.8 Å². The largest absolute Gasteiger partial charge is 0.293 e. The van der Waals surface area contributed by atoms with E-state index in [2.05, 4.69) is 39.7 Å². The van der Waals surface area contributed by atoms with E-state index in [1.807, 2.05) is 11.8 Å². The van der Waals surface area contributed by atoms with Gasteiger partial charge in [-0.3, -0.25) is 4.99 Å². The van der Waals surface area contributed by atoms with E-state index in [0.717, 1.165) is 36.0 Å². The molecule has 0 aliphatic heterocycles. The van der Waals surface area contributed by atoms with Crippen LogP contribution in [0.3, 0.4) is 0 Å². The average Bonchev–Trinajstić information content (AvgIpc) is 3.00. The lowest BCUT2D eigenvalue weighted by Gasteiger charge is -2.58. The smallest absolute Gasteiger partial charge is 0.0479 e. The first kappa shape index (κ1) is 19.8. The highest BCUT2D eigenvalue weighted by molar-refractivity contribution is 7.98. The van der Waals surface area contributed by atoms with Gasteiger partial charge in [-0.15, -0.1) is 0 Å². The third-order valence-electron chi connectivity index (χ3n) is 9.24. The molecule has 6 atom stereocenters. The van der Waals surface area contributed by atoms with Crippen LogP contribution in [0.25, 0.3) is 0 Å². The summed E-state index contributed by atoms with van der Waals surface area (Å²) in [6, 6.07) is 0. The van der Waals surface area contributed by atoms with E-state index >= 15 is 0 Å². The lowest BCUT2D eigenvalue weighted by Crippen LogP contribution is -2.50. The Morgan fingerprint density at radius 1 is 1.15 bits per heavy atom. The van der Waals surface area contributed by atoms with Gasteiger partial charge >= 0.3 is 0 Å². The van der Waals surface area contributed by atoms with Gasteiger partial charge in [-0.05, 0) is 93.1 Å². The summed E-state index contributed by atoms with van der Waals surface area (Å²) in [5, 5.41) is 0. The molecule has 0 aromatic heterocycles. The van der Waals surface area contributed by atoms with E-state index in [-0.39, 0.29) is 0 Å². The maximum atomic E-state index is 5.00. The zero-order chi connectivity index (χ0) is 19.2. The molecule has 0 radical (unpaired) electrons. The summed E-state index contributed by atoms with van der Waals surface area (Å²) in [4.78, 5) is 5.00. The van der Waals surface area contributed by atoms with Gasteiger partial charge in [0.05, 0.1) is 0 Å². The molecule has 0 bridgehead atoms. The van der Waals surface area contributed by atoms with E-state index in [0.29, 0.717) is 10.8 Å². The summed E-state index contributed by atoms with van der Waals surface area (Å²) < 4.78 is 0. The predicted molar refractivity (Wildman–Crippen MR) is 121 cm³/mol. The Morgan fingerprint density at radius 2 is 1.96 bits per heavy atom. The van der Waals surface area contributed by atoms with Gasteiger partial charge in [-0.1, -0.05) is 37.6 Å². The molecule has 3 saturated carbocycles. The van der Waals surface area contributed by atoms with Gasteiger partial charge < -0.3 is 0 Å². The zero-order valence-electron chi connectivity index (χ0n) is 18.0. The lowest BCUT2D eigenvalue weighted by atomic mass is 9.46. The Hall–Kier alpha value is -0.500. The summed E-state index contributed by atoms with van der Waals surface area (Å²) in [5.41, 5.74) is 5.55. The number of rotatable bonds is 4. The summed E-state index contributed by atoms with van der Waals surface area (Å²) in [6.45, 7) is 12.9. The van der Waals surface area contributed by atoms with Crippen molar-refractivity contribution in [2.45, 2.75) is 72.1 Å². The molecule has 0 N–H and O–H groups in total. The predicted octanol–water partition coefficient (Wildman–Crippen LogP) is 6.95. The van der Waals surface area contributed by atoms with E-state index in [1.165, 1.54) is 62.7 Å². The standard InChI is InChI=1S/C25H39NS/c1-17-10-12-24(3)19(16-17)6-7-20-22-9-8-21(18(2)26-14-15-27-5)25(22,4)13-11-23(20)24/h16,20-23H,1,6-15H2,2-5H3/b26-18+/t20-,21+,22?,23?,24-,25+/m0/s1. The minimum Gasteiger partial charge on any atom is -0.293 e. The van der Waals surface area contributed by atoms with E-state index < -0.39 is 0 Å². The quantitative estimate of drug-likeness (QED) is 0.377. The highest BCUT2D eigenvalue weighted by atomic mass is 32.2. The van der Waals surface area contributed by atoms with Crippen LogP contribution in [0.5, 0.6) is 0 Å². The molecule has 27 heavy (non-hydrogen) atoms. The Morgan fingerprint density at radius 3 is 2.74 bits per heavy atom. The minimum atomic E-state index is 0.463. The normalized spacial score (nSPS) is 44.4. The van der Waals surface area contributed by atoms with Crippen LogP contribution in [-0.2, 0) is 0 Å². The van der Waals surface area contributed by atoms with Crippen molar-refractivity contribution < 1.29 is 0 Å². The molecular weight excluding hydrogens is 346 g/mol. The van der Waals surface area contributed by atoms with Crippen LogP contribution in [0.2, 0.25) is 0 Å². The maximum absolute atomic E-state index is 5.00. The molecule has 2 heteroatoms. The molecular formula is C25H39NS. The third kappa shape index (κ3) is 3.18. The molecule has 2 unspecified atom stereocenters. The second kappa shape index (κ2) is 7.39. The first-order chi connectivity index (χ1) is 12.9. The van der Waals surface area contributed by atoms with Crippen LogP contribution < -0.4 is 0 Å². The Labute approximate surface area is 171 Å². The summed E-state index contributed by atoms with van der Waals surface area (Å²) in [6.07, 6.45) is 15.7. The molecule has 0 saturated heterocycles. The van der Waals surface area contributed by atoms with Crippen LogP contribution in [0, 0.1) is 34.5 Å². The van der Waals surface area contributed by atoms with Gasteiger partial charge in [-0.25, -0.2) is 0 Å². The van der Waals surface area contributed by atoms with Gasteiger partial charge in [0.2, 0.25) is 0 Å². The summed E-state index contributed by atoms with van der Waals surface area (Å²) in [5.74, 6) is 4.68. The van der Waals surface area contributed by atoms with Gasteiger partial charge in [0, 0.05) is 23.9 Å².